The number of nitrogens with two attached hydrogens (primary N) is 1. The zero-order valence-corrected chi connectivity index (χ0v) is 11.8. The van der Waals surface area contributed by atoms with Gasteiger partial charge in [0.25, 0.3) is 0 Å². The molecule has 1 aliphatic heterocycles. The minimum Gasteiger partial charge on any atom is -0.495 e. The van der Waals surface area contributed by atoms with Crippen molar-refractivity contribution < 1.29 is 18.3 Å². The third-order valence-electron chi connectivity index (χ3n) is 3.30. The van der Waals surface area contributed by atoms with Gasteiger partial charge >= 0.3 is 0 Å². The Kier molecular flexibility index (Phi) is 3.71. The fourth-order valence-corrected chi connectivity index (χ4v) is 3.77. The summed E-state index contributed by atoms with van der Waals surface area (Å²) in [6.45, 7) is 2.20. The van der Waals surface area contributed by atoms with Gasteiger partial charge in [-0.1, -0.05) is 0 Å². The van der Waals surface area contributed by atoms with Crippen LogP contribution in [0.5, 0.6) is 5.75 Å². The fourth-order valence-electron chi connectivity index (χ4n) is 2.11. The first kappa shape index (κ1) is 14.1. The fraction of sp³-hybridized carbons (Fsp3) is 0.500. The number of aliphatic hydroxyl groups is 1. The van der Waals surface area contributed by atoms with Crippen molar-refractivity contribution in [1.82, 2.24) is 4.31 Å². The first-order chi connectivity index (χ1) is 8.86. The summed E-state index contributed by atoms with van der Waals surface area (Å²) in [4.78, 5) is 0.0483. The van der Waals surface area contributed by atoms with Crippen LogP contribution in [0.15, 0.2) is 17.0 Å². The summed E-state index contributed by atoms with van der Waals surface area (Å²) < 4.78 is 31.4. The van der Waals surface area contributed by atoms with E-state index in [4.69, 9.17) is 10.5 Å². The topological polar surface area (TPSA) is 92.9 Å². The predicted molar refractivity (Wildman–Crippen MR) is 71.5 cm³/mol. The molecule has 1 saturated heterocycles. The molecular formula is C12H18N2O4S. The molecule has 0 unspecified atom stereocenters. The van der Waals surface area contributed by atoms with Crippen LogP contribution >= 0.6 is 0 Å². The Labute approximate surface area is 112 Å². The van der Waals surface area contributed by atoms with Crippen LogP contribution in [0.1, 0.15) is 12.0 Å². The van der Waals surface area contributed by atoms with Crippen molar-refractivity contribution in [2.45, 2.75) is 24.3 Å². The van der Waals surface area contributed by atoms with E-state index in [1.165, 1.54) is 17.5 Å². The molecule has 106 valence electrons. The Balaban J connectivity index is 2.48. The molecule has 6 nitrogen and oxygen atoms in total. The van der Waals surface area contributed by atoms with E-state index in [9.17, 15) is 13.5 Å². The number of hydrogen-bond acceptors (Lipinski definition) is 5. The second-order valence-electron chi connectivity index (χ2n) is 4.67. The number of sulfonamides is 1. The summed E-state index contributed by atoms with van der Waals surface area (Å²) in [6, 6.07) is 3.02. The number of anilines is 1. The monoisotopic (exact) mass is 286 g/mol. The van der Waals surface area contributed by atoms with Gasteiger partial charge in [-0.2, -0.15) is 4.31 Å². The number of ether oxygens (including phenoxy) is 1. The highest BCUT2D eigenvalue weighted by atomic mass is 32.2. The second kappa shape index (κ2) is 4.99. The second-order valence-corrected chi connectivity index (χ2v) is 6.57. The summed E-state index contributed by atoms with van der Waals surface area (Å²) in [5, 5.41) is 9.47. The van der Waals surface area contributed by atoms with Gasteiger partial charge in [-0.05, 0) is 31.0 Å². The summed E-state index contributed by atoms with van der Waals surface area (Å²) in [5.41, 5.74) is 6.94. The molecule has 1 atom stereocenters. The van der Waals surface area contributed by atoms with E-state index in [0.717, 1.165) is 5.56 Å². The Bertz CT molecular complexity index is 586. The number of nitrogen functional groups attached to an aromatic ring is 1. The SMILES string of the molecule is COc1cc(C)c(N)cc1S(=O)(=O)N1CC[C@H](O)C1. The summed E-state index contributed by atoms with van der Waals surface area (Å²) in [5.74, 6) is 0.271. The van der Waals surface area contributed by atoms with Crippen molar-refractivity contribution in [1.29, 1.82) is 0 Å². The lowest BCUT2D eigenvalue weighted by Crippen LogP contribution is -2.30. The molecule has 0 amide bonds. The number of hydrogen-bond donors (Lipinski definition) is 2. The molecule has 1 aromatic carbocycles. The van der Waals surface area contributed by atoms with Gasteiger partial charge in [-0.3, -0.25) is 0 Å². The Morgan fingerprint density at radius 2 is 2.16 bits per heavy atom. The van der Waals surface area contributed by atoms with Gasteiger partial charge in [-0.25, -0.2) is 8.42 Å². The van der Waals surface area contributed by atoms with E-state index in [1.54, 1.807) is 13.0 Å². The molecular weight excluding hydrogens is 268 g/mol. The van der Waals surface area contributed by atoms with Gasteiger partial charge in [0.2, 0.25) is 10.0 Å². The number of benzene rings is 1. The molecule has 2 rings (SSSR count). The molecule has 0 aromatic heterocycles. The lowest BCUT2D eigenvalue weighted by molar-refractivity contribution is 0.189. The maximum Gasteiger partial charge on any atom is 0.246 e. The van der Waals surface area contributed by atoms with Crippen molar-refractivity contribution >= 4 is 15.7 Å². The largest absolute Gasteiger partial charge is 0.495 e. The molecule has 0 saturated carbocycles. The normalized spacial score (nSPS) is 20.7. The Morgan fingerprint density at radius 3 is 2.68 bits per heavy atom. The number of methoxy groups -OCH3 is 1. The first-order valence-corrected chi connectivity index (χ1v) is 7.42. The highest BCUT2D eigenvalue weighted by Crippen LogP contribution is 2.32. The van der Waals surface area contributed by atoms with Crippen LogP contribution in [-0.2, 0) is 10.0 Å². The molecule has 1 heterocycles. The number of nitrogens with zero attached hydrogens (tertiary/aromatic N) is 1. The predicted octanol–water partition coefficient (Wildman–Crippen LogP) is 0.341. The third-order valence-corrected chi connectivity index (χ3v) is 5.18. The molecule has 7 heteroatoms. The van der Waals surface area contributed by atoms with Crippen LogP contribution in [0.25, 0.3) is 0 Å². The zero-order valence-electron chi connectivity index (χ0n) is 11.0. The van der Waals surface area contributed by atoms with E-state index in [0.29, 0.717) is 18.7 Å². The molecule has 0 spiro atoms. The van der Waals surface area contributed by atoms with Gasteiger partial charge in [0.15, 0.2) is 0 Å². The molecule has 0 aliphatic carbocycles. The number of aryl methyl sites for hydroxylation is 1. The average molecular weight is 286 g/mol. The van der Waals surface area contributed by atoms with Crippen LogP contribution in [0.4, 0.5) is 5.69 Å². The standard InChI is InChI=1S/C12H18N2O4S/c1-8-5-11(18-2)12(6-10(8)13)19(16,17)14-4-3-9(15)7-14/h5-6,9,15H,3-4,7,13H2,1-2H3/t9-/m0/s1. The lowest BCUT2D eigenvalue weighted by atomic mass is 10.2. The van der Waals surface area contributed by atoms with Gasteiger partial charge in [-0.15, -0.1) is 0 Å². The zero-order chi connectivity index (χ0) is 14.2. The van der Waals surface area contributed by atoms with E-state index in [2.05, 4.69) is 0 Å². The van der Waals surface area contributed by atoms with Crippen LogP contribution in [0.2, 0.25) is 0 Å². The van der Waals surface area contributed by atoms with E-state index < -0.39 is 16.1 Å². The van der Waals surface area contributed by atoms with E-state index in [-0.39, 0.29) is 17.2 Å². The summed E-state index contributed by atoms with van der Waals surface area (Å²) >= 11 is 0. The molecule has 1 aliphatic rings. The lowest BCUT2D eigenvalue weighted by Gasteiger charge is -2.18. The quantitative estimate of drug-likeness (QED) is 0.782. The maximum atomic E-state index is 12.5. The van der Waals surface area contributed by atoms with Crippen LogP contribution in [0, 0.1) is 6.92 Å². The molecule has 3 N–H and O–H groups in total. The summed E-state index contributed by atoms with van der Waals surface area (Å²) in [6.07, 6.45) is -0.160. The highest BCUT2D eigenvalue weighted by molar-refractivity contribution is 7.89. The number of rotatable bonds is 3. The number of aliphatic hydroxyl groups excluding tert-OH is 1. The molecule has 19 heavy (non-hydrogen) atoms. The van der Waals surface area contributed by atoms with Crippen LogP contribution in [0.3, 0.4) is 0 Å². The molecule has 0 bridgehead atoms. The Morgan fingerprint density at radius 1 is 1.47 bits per heavy atom. The van der Waals surface area contributed by atoms with Crippen molar-refractivity contribution in [3.05, 3.63) is 17.7 Å². The van der Waals surface area contributed by atoms with Crippen LogP contribution in [-0.4, -0.2) is 44.1 Å². The maximum absolute atomic E-state index is 12.5. The molecule has 1 fully saturated rings. The van der Waals surface area contributed by atoms with Crippen molar-refractivity contribution in [3.63, 3.8) is 0 Å². The summed E-state index contributed by atoms with van der Waals surface area (Å²) in [7, 11) is -2.27. The first-order valence-electron chi connectivity index (χ1n) is 5.98. The van der Waals surface area contributed by atoms with Crippen molar-refractivity contribution in [2.24, 2.45) is 0 Å². The average Bonchev–Trinajstić information content (AvgIpc) is 2.79. The Hall–Kier alpha value is -1.31. The minimum absolute atomic E-state index is 0.0483. The van der Waals surface area contributed by atoms with Gasteiger partial charge < -0.3 is 15.6 Å². The minimum atomic E-state index is -3.69. The number of β-amino-alcohol motifs (C(OH)–C–C–N with tert-alkyl or cyclic N) is 1. The molecule has 1 aromatic rings. The van der Waals surface area contributed by atoms with E-state index >= 15 is 0 Å². The van der Waals surface area contributed by atoms with Crippen molar-refractivity contribution in [2.75, 3.05) is 25.9 Å². The third kappa shape index (κ3) is 2.54. The van der Waals surface area contributed by atoms with E-state index in [1.807, 2.05) is 0 Å². The van der Waals surface area contributed by atoms with Gasteiger partial charge in [0.05, 0.1) is 13.2 Å². The van der Waals surface area contributed by atoms with Crippen molar-refractivity contribution in [3.8, 4) is 5.75 Å². The molecule has 0 radical (unpaired) electrons. The van der Waals surface area contributed by atoms with Crippen LogP contribution < -0.4 is 10.5 Å². The highest BCUT2D eigenvalue weighted by Gasteiger charge is 2.33. The van der Waals surface area contributed by atoms with Gasteiger partial charge in [0.1, 0.15) is 10.6 Å². The van der Waals surface area contributed by atoms with Gasteiger partial charge in [0, 0.05) is 18.8 Å². The smallest absolute Gasteiger partial charge is 0.246 e.